The molecule has 2 rings (SSSR count). The molecule has 2 N–H and O–H groups in total. The lowest BCUT2D eigenvalue weighted by molar-refractivity contribution is -0.123. The Balaban J connectivity index is 1.82. The first-order valence-electron chi connectivity index (χ1n) is 7.49. The van der Waals surface area contributed by atoms with E-state index in [9.17, 15) is 14.0 Å². The predicted octanol–water partition coefficient (Wildman–Crippen LogP) is 3.04. The van der Waals surface area contributed by atoms with E-state index in [-0.39, 0.29) is 30.3 Å². The van der Waals surface area contributed by atoms with Crippen LogP contribution in [-0.2, 0) is 9.59 Å². The van der Waals surface area contributed by atoms with E-state index in [4.69, 9.17) is 4.74 Å². The Labute approximate surface area is 139 Å². The van der Waals surface area contributed by atoms with Gasteiger partial charge in [0.05, 0.1) is 6.04 Å². The highest BCUT2D eigenvalue weighted by atomic mass is 19.1. The first kappa shape index (κ1) is 17.5. The fourth-order valence-electron chi connectivity index (χ4n) is 2.10. The third kappa shape index (κ3) is 5.39. The van der Waals surface area contributed by atoms with Crippen molar-refractivity contribution in [2.45, 2.75) is 19.9 Å². The van der Waals surface area contributed by atoms with E-state index in [1.807, 2.05) is 6.92 Å². The van der Waals surface area contributed by atoms with Crippen molar-refractivity contribution < 1.29 is 18.7 Å². The molecule has 0 aliphatic rings. The second-order valence-corrected chi connectivity index (χ2v) is 5.33. The molecule has 126 valence electrons. The first-order valence-corrected chi connectivity index (χ1v) is 7.49. The van der Waals surface area contributed by atoms with Crippen LogP contribution in [0.1, 0.15) is 25.5 Å². The lowest BCUT2D eigenvalue weighted by atomic mass is 10.1. The van der Waals surface area contributed by atoms with Crippen LogP contribution in [0, 0.1) is 5.82 Å². The minimum absolute atomic E-state index is 0.134. The number of ether oxygens (including phenoxy) is 1. The van der Waals surface area contributed by atoms with Crippen LogP contribution in [0.3, 0.4) is 0 Å². The number of hydrogen-bond acceptors (Lipinski definition) is 3. The van der Waals surface area contributed by atoms with Gasteiger partial charge < -0.3 is 15.4 Å². The molecule has 6 heteroatoms. The molecule has 0 aromatic heterocycles. The molecule has 1 atom stereocenters. The molecule has 2 aromatic rings. The minimum Gasteiger partial charge on any atom is -0.484 e. The van der Waals surface area contributed by atoms with Gasteiger partial charge in [0.2, 0.25) is 5.91 Å². The Morgan fingerprint density at radius 1 is 1.08 bits per heavy atom. The van der Waals surface area contributed by atoms with Crippen molar-refractivity contribution in [1.82, 2.24) is 5.32 Å². The van der Waals surface area contributed by atoms with Crippen LogP contribution in [0.5, 0.6) is 5.75 Å². The predicted molar refractivity (Wildman–Crippen MR) is 89.2 cm³/mol. The minimum atomic E-state index is -0.316. The molecule has 2 amide bonds. The Kier molecular flexibility index (Phi) is 5.89. The third-order valence-corrected chi connectivity index (χ3v) is 3.29. The quantitative estimate of drug-likeness (QED) is 0.855. The fraction of sp³-hybridized carbons (Fsp3) is 0.222. The Hall–Kier alpha value is -2.89. The topological polar surface area (TPSA) is 67.4 Å². The second kappa shape index (κ2) is 8.10. The average Bonchev–Trinajstić information content (AvgIpc) is 2.54. The van der Waals surface area contributed by atoms with Gasteiger partial charge in [-0.2, -0.15) is 0 Å². The maximum absolute atomic E-state index is 12.9. The smallest absolute Gasteiger partial charge is 0.258 e. The van der Waals surface area contributed by atoms with Gasteiger partial charge in [0.1, 0.15) is 11.6 Å². The largest absolute Gasteiger partial charge is 0.484 e. The van der Waals surface area contributed by atoms with Gasteiger partial charge >= 0.3 is 0 Å². The molecule has 0 saturated heterocycles. The number of anilines is 1. The van der Waals surface area contributed by atoms with Crippen molar-refractivity contribution >= 4 is 17.5 Å². The van der Waals surface area contributed by atoms with Crippen molar-refractivity contribution in [2.75, 3.05) is 11.9 Å². The van der Waals surface area contributed by atoms with Gasteiger partial charge in [-0.05, 0) is 48.9 Å². The van der Waals surface area contributed by atoms with Crippen LogP contribution in [0.25, 0.3) is 0 Å². The zero-order chi connectivity index (χ0) is 17.5. The number of amides is 2. The molecule has 0 saturated carbocycles. The van der Waals surface area contributed by atoms with E-state index in [2.05, 4.69) is 10.6 Å². The van der Waals surface area contributed by atoms with Gasteiger partial charge in [-0.3, -0.25) is 9.59 Å². The van der Waals surface area contributed by atoms with Gasteiger partial charge in [-0.15, -0.1) is 0 Å². The summed E-state index contributed by atoms with van der Waals surface area (Å²) in [5, 5.41) is 5.42. The molecular formula is C18H19FN2O3. The summed E-state index contributed by atoms with van der Waals surface area (Å²) < 4.78 is 18.3. The summed E-state index contributed by atoms with van der Waals surface area (Å²) in [5.74, 6) is -0.229. The number of rotatable bonds is 6. The van der Waals surface area contributed by atoms with Crippen molar-refractivity contribution in [3.63, 3.8) is 0 Å². The number of benzene rings is 2. The molecule has 5 nitrogen and oxygen atoms in total. The highest BCUT2D eigenvalue weighted by molar-refractivity contribution is 5.88. The van der Waals surface area contributed by atoms with Crippen molar-refractivity contribution in [3.05, 3.63) is 59.9 Å². The molecule has 0 unspecified atom stereocenters. The van der Waals surface area contributed by atoms with Gasteiger partial charge in [-0.1, -0.05) is 12.1 Å². The van der Waals surface area contributed by atoms with Gasteiger partial charge in [0.25, 0.3) is 5.91 Å². The van der Waals surface area contributed by atoms with Crippen LogP contribution >= 0.6 is 0 Å². The van der Waals surface area contributed by atoms with Crippen molar-refractivity contribution in [3.8, 4) is 5.75 Å². The number of carbonyl (C=O) groups excluding carboxylic acids is 2. The second-order valence-electron chi connectivity index (χ2n) is 5.33. The Bertz CT molecular complexity index is 699. The van der Waals surface area contributed by atoms with Gasteiger partial charge in [0, 0.05) is 12.6 Å². The molecular weight excluding hydrogens is 311 g/mol. The summed E-state index contributed by atoms with van der Waals surface area (Å²) in [7, 11) is 0. The highest BCUT2D eigenvalue weighted by Gasteiger charge is 2.10. The van der Waals surface area contributed by atoms with E-state index in [0.29, 0.717) is 11.4 Å². The van der Waals surface area contributed by atoms with E-state index >= 15 is 0 Å². The molecule has 0 spiro atoms. The summed E-state index contributed by atoms with van der Waals surface area (Å²) in [4.78, 5) is 22.8. The van der Waals surface area contributed by atoms with Crippen LogP contribution in [-0.4, -0.2) is 18.4 Å². The van der Waals surface area contributed by atoms with E-state index in [1.165, 1.54) is 19.1 Å². The molecule has 24 heavy (non-hydrogen) atoms. The number of halogens is 1. The monoisotopic (exact) mass is 330 g/mol. The Morgan fingerprint density at radius 3 is 2.29 bits per heavy atom. The normalized spacial score (nSPS) is 11.5. The number of hydrogen-bond donors (Lipinski definition) is 2. The van der Waals surface area contributed by atoms with Crippen LogP contribution in [0.2, 0.25) is 0 Å². The number of nitrogens with one attached hydrogen (secondary N) is 2. The summed E-state index contributed by atoms with van der Waals surface area (Å²) in [6, 6.07) is 12.4. The van der Waals surface area contributed by atoms with Gasteiger partial charge in [-0.25, -0.2) is 4.39 Å². The van der Waals surface area contributed by atoms with E-state index < -0.39 is 0 Å². The third-order valence-electron chi connectivity index (χ3n) is 3.29. The summed E-state index contributed by atoms with van der Waals surface area (Å²) in [5.41, 5.74) is 1.47. The molecule has 2 aromatic carbocycles. The lowest BCUT2D eigenvalue weighted by Crippen LogP contribution is -2.31. The maximum atomic E-state index is 12.9. The van der Waals surface area contributed by atoms with Crippen molar-refractivity contribution in [1.29, 1.82) is 0 Å². The molecule has 0 fully saturated rings. The molecule has 0 heterocycles. The highest BCUT2D eigenvalue weighted by Crippen LogP contribution is 2.16. The van der Waals surface area contributed by atoms with Crippen LogP contribution in [0.4, 0.5) is 10.1 Å². The molecule has 0 aliphatic heterocycles. The van der Waals surface area contributed by atoms with E-state index in [1.54, 1.807) is 36.4 Å². The molecule has 0 bridgehead atoms. The molecule has 0 radical (unpaired) electrons. The van der Waals surface area contributed by atoms with Gasteiger partial charge in [0.15, 0.2) is 6.61 Å². The number of carbonyl (C=O) groups is 2. The zero-order valence-electron chi connectivity index (χ0n) is 13.5. The first-order chi connectivity index (χ1) is 11.4. The van der Waals surface area contributed by atoms with Crippen molar-refractivity contribution in [2.24, 2.45) is 0 Å². The average molecular weight is 330 g/mol. The summed E-state index contributed by atoms with van der Waals surface area (Å²) in [6.07, 6.45) is 0. The summed E-state index contributed by atoms with van der Waals surface area (Å²) >= 11 is 0. The summed E-state index contributed by atoms with van der Waals surface area (Å²) in [6.45, 7) is 3.11. The Morgan fingerprint density at radius 2 is 1.71 bits per heavy atom. The zero-order valence-corrected chi connectivity index (χ0v) is 13.5. The van der Waals surface area contributed by atoms with E-state index in [0.717, 1.165) is 5.56 Å². The fourth-order valence-corrected chi connectivity index (χ4v) is 2.10. The SMILES string of the molecule is CC(=O)Nc1ccc(OCC(=O)N[C@@H](C)c2ccc(F)cc2)cc1. The van der Waals surface area contributed by atoms with Crippen LogP contribution in [0.15, 0.2) is 48.5 Å². The lowest BCUT2D eigenvalue weighted by Gasteiger charge is -2.15. The standard InChI is InChI=1S/C18H19FN2O3/c1-12(14-3-5-15(19)6-4-14)20-18(23)11-24-17-9-7-16(8-10-17)21-13(2)22/h3-10,12H,11H2,1-2H3,(H,20,23)(H,21,22)/t12-/m0/s1. The maximum Gasteiger partial charge on any atom is 0.258 e. The molecule has 0 aliphatic carbocycles. The van der Waals surface area contributed by atoms with Crippen LogP contribution < -0.4 is 15.4 Å².